The van der Waals surface area contributed by atoms with Crippen molar-refractivity contribution in [2.45, 2.75) is 0 Å². The highest BCUT2D eigenvalue weighted by molar-refractivity contribution is 6.35. The Bertz CT molecular complexity index is 318. The van der Waals surface area contributed by atoms with Crippen molar-refractivity contribution in [3.63, 3.8) is 0 Å². The number of rotatable bonds is 0. The lowest BCUT2D eigenvalue weighted by atomic mass is 10.1. The molecule has 0 saturated heterocycles. The van der Waals surface area contributed by atoms with E-state index in [9.17, 15) is 0 Å². The van der Waals surface area contributed by atoms with Gasteiger partial charge in [0.15, 0.2) is 0 Å². The van der Waals surface area contributed by atoms with E-state index in [0.717, 1.165) is 26.6 Å². The van der Waals surface area contributed by atoms with Crippen molar-refractivity contribution in [2.75, 3.05) is 0 Å². The van der Waals surface area contributed by atoms with Crippen LogP contribution in [0, 0.1) is 24.7 Å². The summed E-state index contributed by atoms with van der Waals surface area (Å²) in [6.07, 6.45) is 10.6. The quantitative estimate of drug-likeness (QED) is 0.355. The molecule has 11 heavy (non-hydrogen) atoms. The van der Waals surface area contributed by atoms with Crippen molar-refractivity contribution >= 4 is 15.4 Å². The van der Waals surface area contributed by atoms with Crippen molar-refractivity contribution in [3.05, 3.63) is 29.3 Å². The Balaban J connectivity index is 3.38. The molecule has 0 radical (unpaired) electrons. The largest absolute Gasteiger partial charge is 0.115 e. The summed E-state index contributed by atoms with van der Waals surface area (Å²) in [7, 11) is 0.911. The predicted octanol–water partition coefficient (Wildman–Crippen LogP) is -0.360. The third-order valence-electron chi connectivity index (χ3n) is 1.64. The van der Waals surface area contributed by atoms with Crippen molar-refractivity contribution in [1.82, 2.24) is 0 Å². The molecule has 0 aliphatic carbocycles. The zero-order valence-electron chi connectivity index (χ0n) is 6.39. The van der Waals surface area contributed by atoms with Gasteiger partial charge in [-0.25, -0.2) is 0 Å². The summed E-state index contributed by atoms with van der Waals surface area (Å²) in [4.78, 5) is 0. The number of hydrogen-bond acceptors (Lipinski definition) is 0. The van der Waals surface area contributed by atoms with Gasteiger partial charge in [-0.1, -0.05) is 17.9 Å². The maximum absolute atomic E-state index is 5.28. The molecule has 0 aliphatic rings. The molecule has 0 spiro atoms. The number of hydrogen-bond donors (Lipinski definition) is 0. The molecule has 0 aliphatic heterocycles. The lowest BCUT2D eigenvalue weighted by Gasteiger charge is -1.99. The minimum atomic E-state index is 0.911. The van der Waals surface area contributed by atoms with Gasteiger partial charge in [0.1, 0.15) is 0 Å². The molecular formula is C10H8Si. The lowest BCUT2D eigenvalue weighted by Crippen LogP contribution is -2.11. The average Bonchev–Trinajstić information content (AvgIpc) is 2.05. The second-order valence-electron chi connectivity index (χ2n) is 2.27. The van der Waals surface area contributed by atoms with Crippen molar-refractivity contribution in [2.24, 2.45) is 0 Å². The Morgan fingerprint density at radius 1 is 1.09 bits per heavy atom. The van der Waals surface area contributed by atoms with E-state index in [1.807, 2.05) is 18.2 Å². The minimum absolute atomic E-state index is 0.911. The topological polar surface area (TPSA) is 0 Å². The first-order chi connectivity index (χ1) is 5.29. The van der Waals surface area contributed by atoms with Gasteiger partial charge in [-0.05, 0) is 17.3 Å². The van der Waals surface area contributed by atoms with E-state index in [1.54, 1.807) is 0 Å². The SMILES string of the molecule is C#Cc1cccc(C#C)c1[SiH3]. The van der Waals surface area contributed by atoms with E-state index in [1.165, 1.54) is 0 Å². The fraction of sp³-hybridized carbons (Fsp3) is 0. The van der Waals surface area contributed by atoms with Crippen LogP contribution in [0.4, 0.5) is 0 Å². The maximum atomic E-state index is 5.28. The van der Waals surface area contributed by atoms with E-state index in [4.69, 9.17) is 12.8 Å². The van der Waals surface area contributed by atoms with Gasteiger partial charge in [0, 0.05) is 21.4 Å². The second-order valence-corrected chi connectivity index (χ2v) is 3.27. The van der Waals surface area contributed by atoms with Crippen LogP contribution >= 0.6 is 0 Å². The minimum Gasteiger partial charge on any atom is -0.115 e. The molecular weight excluding hydrogens is 148 g/mol. The second kappa shape index (κ2) is 3.10. The molecule has 0 atom stereocenters. The molecule has 1 aromatic rings. The van der Waals surface area contributed by atoms with Crippen LogP contribution in [0.5, 0.6) is 0 Å². The standard InChI is InChI=1S/C10H8Si/c1-3-8-6-5-7-9(4-2)10(8)11/h1-2,5-7H,11H3. The van der Waals surface area contributed by atoms with E-state index < -0.39 is 0 Å². The molecule has 0 heterocycles. The molecule has 0 fully saturated rings. The normalized spacial score (nSPS) is 8.55. The Labute approximate surface area is 70.1 Å². The molecule has 0 saturated carbocycles. The Hall–Kier alpha value is -1.44. The number of benzene rings is 1. The van der Waals surface area contributed by atoms with Crippen molar-refractivity contribution in [1.29, 1.82) is 0 Å². The van der Waals surface area contributed by atoms with E-state index in [2.05, 4.69) is 11.8 Å². The first-order valence-corrected chi connectivity index (χ1v) is 4.32. The third-order valence-corrected chi connectivity index (χ3v) is 2.72. The first-order valence-electron chi connectivity index (χ1n) is 3.32. The molecule has 0 nitrogen and oxygen atoms in total. The van der Waals surface area contributed by atoms with Crippen LogP contribution in [-0.4, -0.2) is 10.2 Å². The van der Waals surface area contributed by atoms with Gasteiger partial charge < -0.3 is 0 Å². The van der Waals surface area contributed by atoms with Crippen LogP contribution in [0.1, 0.15) is 11.1 Å². The summed E-state index contributed by atoms with van der Waals surface area (Å²) in [6, 6.07) is 5.73. The highest BCUT2D eigenvalue weighted by atomic mass is 28.1. The Morgan fingerprint density at radius 2 is 1.55 bits per heavy atom. The molecule has 0 aromatic heterocycles. The van der Waals surface area contributed by atoms with Crippen molar-refractivity contribution < 1.29 is 0 Å². The molecule has 0 N–H and O–H groups in total. The highest BCUT2D eigenvalue weighted by Gasteiger charge is 1.96. The van der Waals surface area contributed by atoms with Crippen molar-refractivity contribution in [3.8, 4) is 24.7 Å². The van der Waals surface area contributed by atoms with Gasteiger partial charge in [0.2, 0.25) is 0 Å². The van der Waals surface area contributed by atoms with Gasteiger partial charge in [-0.3, -0.25) is 0 Å². The van der Waals surface area contributed by atoms with Crippen LogP contribution in [-0.2, 0) is 0 Å². The van der Waals surface area contributed by atoms with Crippen LogP contribution in [0.3, 0.4) is 0 Å². The summed E-state index contributed by atoms with van der Waals surface area (Å²) < 4.78 is 0. The summed E-state index contributed by atoms with van der Waals surface area (Å²) in [5.41, 5.74) is 1.87. The van der Waals surface area contributed by atoms with Gasteiger partial charge in [-0.15, -0.1) is 12.8 Å². The van der Waals surface area contributed by atoms with Gasteiger partial charge >= 0.3 is 0 Å². The van der Waals surface area contributed by atoms with E-state index >= 15 is 0 Å². The molecule has 0 bridgehead atoms. The van der Waals surface area contributed by atoms with E-state index in [-0.39, 0.29) is 0 Å². The van der Waals surface area contributed by atoms with Crippen LogP contribution in [0.25, 0.3) is 0 Å². The molecule has 1 rings (SSSR count). The molecule has 52 valence electrons. The maximum Gasteiger partial charge on any atom is 0.0417 e. The summed E-state index contributed by atoms with van der Waals surface area (Å²) in [5.74, 6) is 5.22. The highest BCUT2D eigenvalue weighted by Crippen LogP contribution is 1.97. The third kappa shape index (κ3) is 1.34. The van der Waals surface area contributed by atoms with Crippen LogP contribution < -0.4 is 5.19 Å². The molecule has 1 heteroatoms. The average molecular weight is 156 g/mol. The molecule has 0 amide bonds. The Morgan fingerprint density at radius 3 is 1.91 bits per heavy atom. The van der Waals surface area contributed by atoms with Crippen LogP contribution in [0.15, 0.2) is 18.2 Å². The lowest BCUT2D eigenvalue weighted by molar-refractivity contribution is 1.66. The number of terminal acetylenes is 2. The molecule has 0 unspecified atom stereocenters. The predicted molar refractivity (Wildman–Crippen MR) is 51.9 cm³/mol. The summed E-state index contributed by atoms with van der Waals surface area (Å²) >= 11 is 0. The van der Waals surface area contributed by atoms with Gasteiger partial charge in [0.05, 0.1) is 0 Å². The summed E-state index contributed by atoms with van der Waals surface area (Å²) in [6.45, 7) is 0. The monoisotopic (exact) mass is 156 g/mol. The Kier molecular flexibility index (Phi) is 2.16. The van der Waals surface area contributed by atoms with Gasteiger partial charge in [0.25, 0.3) is 0 Å². The molecule has 1 aromatic carbocycles. The zero-order valence-corrected chi connectivity index (χ0v) is 8.39. The zero-order chi connectivity index (χ0) is 8.27. The smallest absolute Gasteiger partial charge is 0.0417 e. The van der Waals surface area contributed by atoms with Gasteiger partial charge in [-0.2, -0.15) is 0 Å². The first kappa shape index (κ1) is 7.66. The van der Waals surface area contributed by atoms with Crippen LogP contribution in [0.2, 0.25) is 0 Å². The van der Waals surface area contributed by atoms with E-state index in [0.29, 0.717) is 0 Å². The summed E-state index contributed by atoms with van der Waals surface area (Å²) in [5, 5.41) is 1.15. The fourth-order valence-corrected chi connectivity index (χ4v) is 1.57. The fourth-order valence-electron chi connectivity index (χ4n) is 0.948.